The van der Waals surface area contributed by atoms with E-state index < -0.39 is 0 Å². The number of benzene rings is 2. The Hall–Kier alpha value is -3.73. The Morgan fingerprint density at radius 3 is 2.53 bits per heavy atom. The molecule has 0 aliphatic carbocycles. The van der Waals surface area contributed by atoms with Crippen LogP contribution in [0.1, 0.15) is 61.6 Å². The van der Waals surface area contributed by atoms with Crippen molar-refractivity contribution >= 4 is 17.8 Å². The van der Waals surface area contributed by atoms with Gasteiger partial charge in [-0.3, -0.25) is 9.79 Å². The van der Waals surface area contributed by atoms with E-state index in [1.165, 1.54) is 6.42 Å². The Labute approximate surface area is 213 Å². The molecule has 36 heavy (non-hydrogen) atoms. The summed E-state index contributed by atoms with van der Waals surface area (Å²) in [4.78, 5) is 16.7. The van der Waals surface area contributed by atoms with Gasteiger partial charge in [-0.05, 0) is 54.3 Å². The molecule has 1 aromatic heterocycles. The van der Waals surface area contributed by atoms with Crippen LogP contribution in [0.5, 0.6) is 0 Å². The number of pyridine rings is 1. The number of esters is 1. The van der Waals surface area contributed by atoms with E-state index in [0.717, 1.165) is 60.7 Å². The summed E-state index contributed by atoms with van der Waals surface area (Å²) >= 11 is 0. The van der Waals surface area contributed by atoms with Gasteiger partial charge in [0.05, 0.1) is 18.4 Å². The van der Waals surface area contributed by atoms with Gasteiger partial charge in [0, 0.05) is 22.9 Å². The van der Waals surface area contributed by atoms with Crippen LogP contribution in [0, 0.1) is 0 Å². The summed E-state index contributed by atoms with van der Waals surface area (Å²) in [5.74, 6) is -0.118. The number of hydrogen-bond donors (Lipinski definition) is 0. The molecule has 1 aliphatic rings. The number of rotatable bonds is 12. The van der Waals surface area contributed by atoms with Crippen LogP contribution in [0.3, 0.4) is 0 Å². The van der Waals surface area contributed by atoms with Gasteiger partial charge in [0.25, 0.3) is 0 Å². The van der Waals surface area contributed by atoms with Crippen LogP contribution in [0.4, 0.5) is 0 Å². The van der Waals surface area contributed by atoms with E-state index in [1.54, 1.807) is 0 Å². The van der Waals surface area contributed by atoms with Crippen molar-refractivity contribution in [3.05, 3.63) is 106 Å². The van der Waals surface area contributed by atoms with E-state index in [9.17, 15) is 9.90 Å². The number of carbonyl (C=O) groups excluding carboxylic acids is 1. The molecule has 5 heteroatoms. The average Bonchev–Trinajstić information content (AvgIpc) is 3.30. The lowest BCUT2D eigenvalue weighted by Crippen LogP contribution is -2.27. The molecule has 0 saturated heterocycles. The number of ether oxygens (including phenoxy) is 1. The maximum Gasteiger partial charge on any atom is 0.310 e. The highest BCUT2D eigenvalue weighted by molar-refractivity contribution is 5.72. The molecule has 0 spiro atoms. The van der Waals surface area contributed by atoms with Crippen molar-refractivity contribution in [1.82, 2.24) is 0 Å². The van der Waals surface area contributed by atoms with Crippen molar-refractivity contribution in [3.8, 4) is 0 Å². The van der Waals surface area contributed by atoms with Crippen LogP contribution in [0.15, 0.2) is 83.7 Å². The molecule has 0 amide bonds. The molecule has 0 unspecified atom stereocenters. The van der Waals surface area contributed by atoms with Gasteiger partial charge in [0.2, 0.25) is 0 Å². The van der Waals surface area contributed by atoms with E-state index in [4.69, 9.17) is 9.73 Å². The van der Waals surface area contributed by atoms with Crippen LogP contribution in [-0.4, -0.2) is 12.6 Å². The van der Waals surface area contributed by atoms with Crippen molar-refractivity contribution in [2.24, 2.45) is 12.0 Å². The number of hydrogen-bond acceptors (Lipinski definition) is 4. The second-order valence-corrected chi connectivity index (χ2v) is 9.36. The molecule has 0 saturated carbocycles. The third kappa shape index (κ3) is 7.38. The molecule has 3 aromatic rings. The summed E-state index contributed by atoms with van der Waals surface area (Å²) in [5.41, 5.74) is 3.80. The standard InChI is InChI=1S/C31H34N2O3/c1-33-18-11-12-24(23-33)20-30(34)36-19-10-5-3-2-4-9-15-28-22-27-21-26(16-17-29(27)32-28)31(35)25-13-7-6-8-14-25/h6-8,11-14,16-18,21-23H,2-5,9-10,15,19-20H2,1H3. The molecule has 0 atom stereocenters. The summed E-state index contributed by atoms with van der Waals surface area (Å²) in [6, 6.07) is 19.0. The second-order valence-electron chi connectivity index (χ2n) is 9.36. The smallest absolute Gasteiger partial charge is 0.310 e. The van der Waals surface area contributed by atoms with Gasteiger partial charge in [-0.1, -0.05) is 67.8 Å². The van der Waals surface area contributed by atoms with Gasteiger partial charge in [0.15, 0.2) is 12.4 Å². The highest BCUT2D eigenvalue weighted by Gasteiger charge is 2.08. The Morgan fingerprint density at radius 2 is 1.72 bits per heavy atom. The Balaban J connectivity index is 1.11. The second kappa shape index (κ2) is 12.8. The molecular weight excluding hydrogens is 448 g/mol. The third-order valence-corrected chi connectivity index (χ3v) is 6.35. The minimum absolute atomic E-state index is 0.0420. The molecule has 0 fully saturated rings. The summed E-state index contributed by atoms with van der Waals surface area (Å²) < 4.78 is 7.31. The molecule has 5 nitrogen and oxygen atoms in total. The minimum atomic E-state index is -0.160. The molecular formula is C31H34N2O3. The lowest BCUT2D eigenvalue weighted by atomic mass is 10.1. The van der Waals surface area contributed by atoms with Crippen molar-refractivity contribution in [3.63, 3.8) is 0 Å². The maximum absolute atomic E-state index is 12.7. The molecule has 186 valence electrons. The predicted molar refractivity (Wildman–Crippen MR) is 139 cm³/mol. The molecule has 2 aromatic carbocycles. The van der Waals surface area contributed by atoms with E-state index in [2.05, 4.69) is 6.08 Å². The highest BCUT2D eigenvalue weighted by Crippen LogP contribution is 2.18. The van der Waals surface area contributed by atoms with Gasteiger partial charge < -0.3 is 9.84 Å². The van der Waals surface area contributed by atoms with Crippen molar-refractivity contribution in [2.45, 2.75) is 51.4 Å². The predicted octanol–water partition coefficient (Wildman–Crippen LogP) is 3.52. The first-order chi connectivity index (χ1) is 17.6. The summed E-state index contributed by atoms with van der Waals surface area (Å²) in [6.07, 6.45) is 13.8. The third-order valence-electron chi connectivity index (χ3n) is 6.35. The fraction of sp³-hybridized carbons (Fsp3) is 0.323. The molecule has 0 bridgehead atoms. The summed E-state index contributed by atoms with van der Waals surface area (Å²) in [7, 11) is 1.94. The number of nitrogens with zero attached hydrogens (tertiary/aromatic N) is 2. The van der Waals surface area contributed by atoms with Crippen LogP contribution in [0.2, 0.25) is 0 Å². The van der Waals surface area contributed by atoms with Crippen molar-refractivity contribution in [2.75, 3.05) is 6.61 Å². The van der Waals surface area contributed by atoms with Crippen LogP contribution in [0.25, 0.3) is 11.8 Å². The maximum atomic E-state index is 12.7. The zero-order valence-corrected chi connectivity index (χ0v) is 21.0. The van der Waals surface area contributed by atoms with Crippen LogP contribution >= 0.6 is 0 Å². The summed E-state index contributed by atoms with van der Waals surface area (Å²) in [5, 5.41) is 14.4. The zero-order chi connectivity index (χ0) is 25.2. The highest BCUT2D eigenvalue weighted by atomic mass is 16.5. The van der Waals surface area contributed by atoms with E-state index >= 15 is 0 Å². The first-order valence-corrected chi connectivity index (χ1v) is 12.8. The zero-order valence-electron chi connectivity index (χ0n) is 21.0. The van der Waals surface area contributed by atoms with Crippen molar-refractivity contribution < 1.29 is 19.2 Å². The molecule has 0 N–H and O–H groups in total. The molecule has 1 aliphatic heterocycles. The quantitative estimate of drug-likeness (QED) is 0.225. The average molecular weight is 483 g/mol. The lowest BCUT2D eigenvalue weighted by molar-refractivity contribution is -0.671. The lowest BCUT2D eigenvalue weighted by Gasteiger charge is -2.12. The molecule has 4 rings (SSSR count). The minimum Gasteiger partial charge on any atom is -0.872 e. The first kappa shape index (κ1) is 25.4. The number of unbranched alkanes of at least 4 members (excludes halogenated alkanes) is 5. The Bertz CT molecular complexity index is 1330. The summed E-state index contributed by atoms with van der Waals surface area (Å²) in [6.45, 7) is 0.497. The molecule has 2 heterocycles. The fourth-order valence-corrected chi connectivity index (χ4v) is 4.44. The monoisotopic (exact) mass is 482 g/mol. The molecule has 0 radical (unpaired) electrons. The van der Waals surface area contributed by atoms with Crippen molar-refractivity contribution in [1.29, 1.82) is 0 Å². The van der Waals surface area contributed by atoms with Gasteiger partial charge in [-0.2, -0.15) is 0 Å². The van der Waals surface area contributed by atoms with Crippen LogP contribution < -0.4 is 20.2 Å². The largest absolute Gasteiger partial charge is 0.872 e. The number of carbonyl (C=O) groups is 1. The fourth-order valence-electron chi connectivity index (χ4n) is 4.44. The van der Waals surface area contributed by atoms with Gasteiger partial charge in [-0.15, -0.1) is 0 Å². The van der Waals surface area contributed by atoms with Gasteiger partial charge in [-0.25, -0.2) is 4.57 Å². The van der Waals surface area contributed by atoms with E-state index in [1.807, 2.05) is 84.7 Å². The first-order valence-electron chi connectivity index (χ1n) is 12.8. The SMILES string of the molecule is C[n+]1cccc(CC(=O)OCCCCCCCCC2=Cc3c/c(=C(\[O-])c4ccccc4)ccc3=N2)c1. The number of aryl methyl sites for hydroxylation is 1. The number of fused-ring (bicyclic) bond motifs is 1. The number of aromatic nitrogens is 1. The van der Waals surface area contributed by atoms with Gasteiger partial charge >= 0.3 is 5.97 Å². The van der Waals surface area contributed by atoms with Gasteiger partial charge in [0.1, 0.15) is 7.05 Å². The topological polar surface area (TPSA) is 65.6 Å². The Kier molecular flexibility index (Phi) is 9.03. The van der Waals surface area contributed by atoms with E-state index in [-0.39, 0.29) is 11.7 Å². The number of allylic oxidation sites excluding steroid dienone is 1. The van der Waals surface area contributed by atoms with E-state index in [0.29, 0.717) is 23.8 Å². The normalized spacial score (nSPS) is 13.0. The Morgan fingerprint density at radius 1 is 0.944 bits per heavy atom. The van der Waals surface area contributed by atoms with Crippen LogP contribution in [-0.2, 0) is 23.0 Å².